The summed E-state index contributed by atoms with van der Waals surface area (Å²) in [6.07, 6.45) is -12.3. The van der Waals surface area contributed by atoms with E-state index in [1.807, 2.05) is 0 Å². The van der Waals surface area contributed by atoms with Gasteiger partial charge in [-0.05, 0) is 19.8 Å². The number of hydrogen-bond acceptors (Lipinski definition) is 19. The second-order valence-electron chi connectivity index (χ2n) is 7.18. The molecule has 0 rings (SSSR count). The molecule has 0 aliphatic carbocycles. The van der Waals surface area contributed by atoms with Crippen LogP contribution in [0.4, 0.5) is 0 Å². The fourth-order valence-electron chi connectivity index (χ4n) is 1.36. The molecule has 0 amide bonds. The summed E-state index contributed by atoms with van der Waals surface area (Å²) in [7, 11) is 0. The molecule has 0 spiro atoms. The van der Waals surface area contributed by atoms with E-state index in [9.17, 15) is 14.7 Å². The average molecular weight is 633 g/mol. The van der Waals surface area contributed by atoms with E-state index in [0.29, 0.717) is 0 Å². The van der Waals surface area contributed by atoms with E-state index in [4.69, 9.17) is 81.4 Å². The minimum atomic E-state index is -2.94. The van der Waals surface area contributed by atoms with Crippen molar-refractivity contribution in [1.82, 2.24) is 0 Å². The van der Waals surface area contributed by atoms with Crippen LogP contribution in [0.1, 0.15) is 33.6 Å². The van der Waals surface area contributed by atoms with Gasteiger partial charge < -0.3 is 96.1 Å². The van der Waals surface area contributed by atoms with Crippen molar-refractivity contribution in [2.75, 3.05) is 19.8 Å². The first-order valence-corrected chi connectivity index (χ1v) is 10.9. The molecule has 0 saturated heterocycles. The normalized spacial score (nSPS) is 15.7. The van der Waals surface area contributed by atoms with E-state index >= 15 is 0 Å². The van der Waals surface area contributed by atoms with Crippen LogP contribution in [-0.4, -0.2) is 164 Å². The Morgan fingerprint density at radius 3 is 1.07 bits per heavy atom. The molecule has 41 heavy (non-hydrogen) atoms. The van der Waals surface area contributed by atoms with Crippen molar-refractivity contribution in [2.24, 2.45) is 0 Å². The van der Waals surface area contributed by atoms with E-state index in [1.54, 1.807) is 0 Å². The second kappa shape index (κ2) is 34.5. The molecule has 8 unspecified atom stereocenters. The van der Waals surface area contributed by atoms with Crippen molar-refractivity contribution >= 4 is 18.2 Å². The Morgan fingerprint density at radius 2 is 0.951 bits per heavy atom. The second-order valence-corrected chi connectivity index (χ2v) is 7.18. The summed E-state index contributed by atoms with van der Waals surface area (Å²) in [5.41, 5.74) is 0. The number of aliphatic hydroxyl groups excluding tert-OH is 11. The van der Waals surface area contributed by atoms with Gasteiger partial charge in [-0.3, -0.25) is 0 Å². The molecule has 0 radical (unpaired) electrons. The zero-order valence-corrected chi connectivity index (χ0v) is 27.5. The quantitative estimate of drug-likeness (QED) is 0.0539. The molecule has 0 saturated carbocycles. The number of carboxylic acid groups (broad SMARTS) is 2. The van der Waals surface area contributed by atoms with Crippen LogP contribution in [0.3, 0.4) is 0 Å². The number of aliphatic hydroxyl groups is 14. The van der Waals surface area contributed by atoms with Crippen molar-refractivity contribution in [2.45, 2.75) is 88.4 Å². The van der Waals surface area contributed by atoms with Gasteiger partial charge in [-0.25, -0.2) is 0 Å². The van der Waals surface area contributed by atoms with Crippen molar-refractivity contribution in [3.05, 3.63) is 0 Å². The fraction of sp³-hybridized carbons (Fsp3) is 0.850. The fourth-order valence-corrected chi connectivity index (χ4v) is 1.36. The summed E-state index contributed by atoms with van der Waals surface area (Å²) in [5.74, 6) is -5.01. The topological polar surface area (TPSA) is 381 Å². The smallest absolute Gasteiger partial charge is 0.550 e. The Hall–Kier alpha value is 0.0500. The van der Waals surface area contributed by atoms with Crippen molar-refractivity contribution < 1.29 is 155 Å². The van der Waals surface area contributed by atoms with Crippen molar-refractivity contribution in [1.29, 1.82) is 0 Å². The average Bonchev–Trinajstić information content (AvgIpc) is 2.89. The van der Waals surface area contributed by atoms with Gasteiger partial charge in [-0.2, -0.15) is 0 Å². The predicted octanol–water partition coefficient (Wildman–Crippen LogP) is -16.0. The van der Waals surface area contributed by atoms with E-state index in [-0.39, 0.29) is 78.2 Å². The molecule has 0 heterocycles. The van der Waals surface area contributed by atoms with E-state index < -0.39 is 86.6 Å². The third kappa shape index (κ3) is 40.0. The molecule has 8 atom stereocenters. The number of carbonyl (C=O) groups is 3. The van der Waals surface area contributed by atoms with Gasteiger partial charge in [0, 0.05) is 11.9 Å². The van der Waals surface area contributed by atoms with Crippen LogP contribution < -0.4 is 69.3 Å². The maximum atomic E-state index is 9.76. The molecule has 0 aliphatic heterocycles. The number of aliphatic carboxylic acids is 2. The molecule has 0 aromatic rings. The van der Waals surface area contributed by atoms with Gasteiger partial charge in [0.15, 0.2) is 6.29 Å². The maximum absolute atomic E-state index is 9.76. The first-order valence-electron chi connectivity index (χ1n) is 10.9. The largest absolute Gasteiger partial charge is 1.00 e. The zero-order valence-electron chi connectivity index (χ0n) is 23.5. The third-order valence-corrected chi connectivity index (χ3v) is 3.71. The molecular weight excluding hydrogens is 590 g/mol. The van der Waals surface area contributed by atoms with Crippen molar-refractivity contribution in [3.63, 3.8) is 0 Å². The molecule has 0 bridgehead atoms. The van der Waals surface area contributed by atoms with Crippen LogP contribution in [0, 0.1) is 0 Å². The zero-order chi connectivity index (χ0) is 32.5. The molecule has 0 fully saturated rings. The van der Waals surface area contributed by atoms with Crippen LogP contribution in [0.25, 0.3) is 0 Å². The first kappa shape index (κ1) is 56.8. The Bertz CT molecular complexity index is 577. The Morgan fingerprint density at radius 1 is 0.707 bits per heavy atom. The molecule has 0 aromatic heterocycles. The van der Waals surface area contributed by atoms with E-state index in [1.165, 1.54) is 13.8 Å². The minimum Gasteiger partial charge on any atom is -0.550 e. The summed E-state index contributed by atoms with van der Waals surface area (Å²) in [6.45, 7) is 1.89. The standard InChI is InChI=1S/C6H14O6.C5H10O5.C4H10O4.C3H6O2.C2H4O2.2Na/c7-1-3(9)5(11)6(12)4(10)2-8;6-1-3(8)5(10)4(9)2-7;1-2-3(5)4(6,7)8;1-2-3(4)5;1-2(3)4;;/h3-12H,1-2H2;1,3-5,7-10H,2H2;3,5-8H,2H2,1H3;2H2,1H3,(H,4,5);1H3,(H,3,4);;/q;;;;;2*+1/p-2. The molecule has 21 heteroatoms. The predicted molar refractivity (Wildman–Crippen MR) is 121 cm³/mol. The molecule has 238 valence electrons. The van der Waals surface area contributed by atoms with Gasteiger partial charge in [0.05, 0.1) is 19.8 Å². The van der Waals surface area contributed by atoms with Gasteiger partial charge >= 0.3 is 65.1 Å². The van der Waals surface area contributed by atoms with Crippen LogP contribution >= 0.6 is 0 Å². The van der Waals surface area contributed by atoms with E-state index in [0.717, 1.165) is 6.92 Å². The number of carbonyl (C=O) groups excluding carboxylic acids is 3. The van der Waals surface area contributed by atoms with Crippen LogP contribution in [0.15, 0.2) is 0 Å². The summed E-state index contributed by atoms with van der Waals surface area (Å²) < 4.78 is 0. The summed E-state index contributed by atoms with van der Waals surface area (Å²) in [5, 5.41) is 137. The molecule has 19 nitrogen and oxygen atoms in total. The summed E-state index contributed by atoms with van der Waals surface area (Å²) >= 11 is 0. The van der Waals surface area contributed by atoms with Gasteiger partial charge in [0.25, 0.3) is 0 Å². The monoisotopic (exact) mass is 632 g/mol. The van der Waals surface area contributed by atoms with Crippen LogP contribution in [0.2, 0.25) is 0 Å². The summed E-state index contributed by atoms with van der Waals surface area (Å²) in [4.78, 5) is 27.9. The SMILES string of the molecule is CC(=O)[O-].CCC(=O)[O-].CCC(O)C(O)(O)O.O=CC(O)C(O)C(O)CO.OCC(O)C(O)C(O)C(O)CO.[Na+].[Na+]. The first-order chi connectivity index (χ1) is 17.7. The number of rotatable bonds is 12. The Balaban J connectivity index is -0.0000000730. The number of carboxylic acids is 2. The molecule has 0 aromatic carbocycles. The van der Waals surface area contributed by atoms with Gasteiger partial charge in [-0.1, -0.05) is 13.8 Å². The van der Waals surface area contributed by atoms with Crippen LogP contribution in [-0.2, 0) is 14.4 Å². The number of hydrogen-bond donors (Lipinski definition) is 14. The minimum absolute atomic E-state index is 0. The summed E-state index contributed by atoms with van der Waals surface area (Å²) in [6, 6.07) is 0. The van der Waals surface area contributed by atoms with Gasteiger partial charge in [0.1, 0.15) is 48.8 Å². The Kier molecular flexibility index (Phi) is 47.8. The van der Waals surface area contributed by atoms with Gasteiger partial charge in [-0.15, -0.1) is 0 Å². The maximum Gasteiger partial charge on any atom is 1.00 e. The third-order valence-electron chi connectivity index (χ3n) is 3.71. The Labute approximate surface area is 280 Å². The number of aldehydes is 1. The van der Waals surface area contributed by atoms with E-state index in [2.05, 4.69) is 0 Å². The van der Waals surface area contributed by atoms with Gasteiger partial charge in [0.2, 0.25) is 0 Å². The molecule has 14 N–H and O–H groups in total. The van der Waals surface area contributed by atoms with Crippen LogP contribution in [0.5, 0.6) is 0 Å². The van der Waals surface area contributed by atoms with Crippen molar-refractivity contribution in [3.8, 4) is 0 Å². The molecular formula is C20H42Na2O19. The molecule has 0 aliphatic rings.